The average Bonchev–Trinajstić information content (AvgIpc) is 2.35. The summed E-state index contributed by atoms with van der Waals surface area (Å²) in [7, 11) is 0. The number of carbonyl (C=O) groups excluding carboxylic acids is 3. The molecule has 0 aromatic heterocycles. The van der Waals surface area contributed by atoms with Gasteiger partial charge in [-0.2, -0.15) is 0 Å². The number of Topliss-reactive ketones (excluding diaryl/α,β-unsaturated/α-hetero) is 2. The Morgan fingerprint density at radius 2 is 1.82 bits per heavy atom. The lowest BCUT2D eigenvalue weighted by Gasteiger charge is -1.94. The minimum absolute atomic E-state index is 0.267. The van der Waals surface area contributed by atoms with Crippen molar-refractivity contribution in [2.75, 3.05) is 6.61 Å². The summed E-state index contributed by atoms with van der Waals surface area (Å²) in [6, 6.07) is 8.52. The first-order valence-electron chi connectivity index (χ1n) is 4.87. The average molecular weight is 230 g/mol. The first kappa shape index (κ1) is 12.7. The van der Waals surface area contributed by atoms with Gasteiger partial charge in [-0.05, 0) is 5.92 Å². The highest BCUT2D eigenvalue weighted by molar-refractivity contribution is 6.32. The fourth-order valence-electron chi connectivity index (χ4n) is 0.981. The molecule has 86 valence electrons. The summed E-state index contributed by atoms with van der Waals surface area (Å²) < 4.78 is 4.48. The van der Waals surface area contributed by atoms with E-state index < -0.39 is 11.8 Å². The van der Waals surface area contributed by atoms with Gasteiger partial charge in [0, 0.05) is 12.5 Å². The van der Waals surface area contributed by atoms with Crippen LogP contribution in [0.15, 0.2) is 30.3 Å². The lowest BCUT2D eigenvalue weighted by molar-refractivity contribution is -0.151. The second-order valence-electron chi connectivity index (χ2n) is 3.13. The van der Waals surface area contributed by atoms with E-state index in [4.69, 9.17) is 0 Å². The highest BCUT2D eigenvalue weighted by Crippen LogP contribution is 1.98. The van der Waals surface area contributed by atoms with E-state index in [0.717, 1.165) is 6.92 Å². The highest BCUT2D eigenvalue weighted by Gasteiger charge is 2.06. The van der Waals surface area contributed by atoms with Crippen molar-refractivity contribution >= 4 is 17.5 Å². The number of benzene rings is 1. The summed E-state index contributed by atoms with van der Waals surface area (Å²) >= 11 is 0. The molecule has 0 aliphatic heterocycles. The maximum absolute atomic E-state index is 11.4. The monoisotopic (exact) mass is 230 g/mol. The maximum Gasteiger partial charge on any atom is 0.375 e. The van der Waals surface area contributed by atoms with Crippen molar-refractivity contribution in [3.63, 3.8) is 0 Å². The third-order valence-electron chi connectivity index (χ3n) is 1.80. The minimum Gasteiger partial charge on any atom is -0.447 e. The maximum atomic E-state index is 11.4. The molecule has 0 saturated heterocycles. The standard InChI is InChI=1S/C13H10O4/c1-10(14)13(16)17-9-5-8-12(15)11-6-3-2-4-7-11/h2-4,6-7H,9H2,1H3. The van der Waals surface area contributed by atoms with Crippen LogP contribution < -0.4 is 0 Å². The number of esters is 1. The van der Waals surface area contributed by atoms with E-state index in [9.17, 15) is 14.4 Å². The smallest absolute Gasteiger partial charge is 0.375 e. The molecule has 1 rings (SSSR count). The van der Waals surface area contributed by atoms with Crippen LogP contribution in [0.2, 0.25) is 0 Å². The van der Waals surface area contributed by atoms with Crippen molar-refractivity contribution in [3.8, 4) is 11.8 Å². The van der Waals surface area contributed by atoms with Crippen LogP contribution in [-0.2, 0) is 14.3 Å². The Bertz CT molecular complexity index is 491. The molecule has 1 aromatic carbocycles. The van der Waals surface area contributed by atoms with Crippen molar-refractivity contribution in [1.82, 2.24) is 0 Å². The molecule has 0 aliphatic rings. The van der Waals surface area contributed by atoms with Gasteiger partial charge in [0.25, 0.3) is 0 Å². The highest BCUT2D eigenvalue weighted by atomic mass is 16.5. The van der Waals surface area contributed by atoms with E-state index in [2.05, 4.69) is 16.6 Å². The molecule has 4 nitrogen and oxygen atoms in total. The second kappa shape index (κ2) is 6.23. The van der Waals surface area contributed by atoms with Crippen LogP contribution in [0.5, 0.6) is 0 Å². The van der Waals surface area contributed by atoms with Gasteiger partial charge < -0.3 is 4.74 Å². The summed E-state index contributed by atoms with van der Waals surface area (Å²) in [6.07, 6.45) is 0. The zero-order valence-electron chi connectivity index (χ0n) is 9.23. The van der Waals surface area contributed by atoms with Gasteiger partial charge in [-0.3, -0.25) is 9.59 Å². The summed E-state index contributed by atoms with van der Waals surface area (Å²) in [5, 5.41) is 0. The topological polar surface area (TPSA) is 60.4 Å². The molecular weight excluding hydrogens is 220 g/mol. The van der Waals surface area contributed by atoms with E-state index in [1.165, 1.54) is 0 Å². The molecule has 0 N–H and O–H groups in total. The zero-order chi connectivity index (χ0) is 12.7. The summed E-state index contributed by atoms with van der Waals surface area (Å²) in [5.74, 6) is 2.69. The lowest BCUT2D eigenvalue weighted by Crippen LogP contribution is -2.13. The van der Waals surface area contributed by atoms with E-state index in [1.54, 1.807) is 30.3 Å². The third kappa shape index (κ3) is 4.31. The molecule has 0 bridgehead atoms. The molecule has 0 unspecified atom stereocenters. The molecular formula is C13H10O4. The largest absolute Gasteiger partial charge is 0.447 e. The van der Waals surface area contributed by atoms with Crippen LogP contribution in [0.1, 0.15) is 17.3 Å². The third-order valence-corrected chi connectivity index (χ3v) is 1.80. The van der Waals surface area contributed by atoms with Gasteiger partial charge in [-0.1, -0.05) is 36.3 Å². The molecule has 17 heavy (non-hydrogen) atoms. The summed E-state index contributed by atoms with van der Waals surface area (Å²) in [4.78, 5) is 32.7. The zero-order valence-corrected chi connectivity index (χ0v) is 9.23. The number of hydrogen-bond acceptors (Lipinski definition) is 4. The van der Waals surface area contributed by atoms with Gasteiger partial charge in [-0.25, -0.2) is 4.79 Å². The lowest BCUT2D eigenvalue weighted by atomic mass is 10.1. The molecule has 4 heteroatoms. The van der Waals surface area contributed by atoms with Gasteiger partial charge in [0.1, 0.15) is 0 Å². The Balaban J connectivity index is 2.48. The van der Waals surface area contributed by atoms with E-state index in [-0.39, 0.29) is 12.4 Å². The predicted molar refractivity (Wildman–Crippen MR) is 60.2 cm³/mol. The number of ketones is 2. The molecule has 0 heterocycles. The van der Waals surface area contributed by atoms with Gasteiger partial charge in [0.05, 0.1) is 0 Å². The van der Waals surface area contributed by atoms with Crippen LogP contribution in [-0.4, -0.2) is 24.1 Å². The Kier molecular flexibility index (Phi) is 4.64. The van der Waals surface area contributed by atoms with E-state index in [0.29, 0.717) is 5.56 Å². The number of ether oxygens (including phenoxy) is 1. The number of rotatable bonds is 3. The first-order valence-corrected chi connectivity index (χ1v) is 4.87. The van der Waals surface area contributed by atoms with Crippen molar-refractivity contribution in [2.24, 2.45) is 0 Å². The Labute approximate surface area is 98.6 Å². The van der Waals surface area contributed by atoms with Crippen molar-refractivity contribution in [1.29, 1.82) is 0 Å². The van der Waals surface area contributed by atoms with Crippen molar-refractivity contribution < 1.29 is 19.1 Å². The van der Waals surface area contributed by atoms with Crippen LogP contribution in [0, 0.1) is 11.8 Å². The fourth-order valence-corrected chi connectivity index (χ4v) is 0.981. The molecule has 1 aromatic rings. The molecule has 0 atom stereocenters. The first-order chi connectivity index (χ1) is 8.11. The Morgan fingerprint density at radius 3 is 2.41 bits per heavy atom. The van der Waals surface area contributed by atoms with Gasteiger partial charge in [0.15, 0.2) is 6.61 Å². The van der Waals surface area contributed by atoms with Gasteiger partial charge in [0.2, 0.25) is 11.6 Å². The summed E-state index contributed by atoms with van der Waals surface area (Å²) in [6.45, 7) is 0.835. The molecule has 0 spiro atoms. The van der Waals surface area contributed by atoms with E-state index in [1.807, 2.05) is 0 Å². The van der Waals surface area contributed by atoms with Crippen LogP contribution in [0.4, 0.5) is 0 Å². The predicted octanol–water partition coefficient (Wildman–Crippen LogP) is 1.00. The SMILES string of the molecule is CC(=O)C(=O)OCC#CC(=O)c1ccccc1. The number of hydrogen-bond donors (Lipinski definition) is 0. The van der Waals surface area contributed by atoms with Crippen molar-refractivity contribution in [2.45, 2.75) is 6.92 Å². The van der Waals surface area contributed by atoms with Gasteiger partial charge in [-0.15, -0.1) is 0 Å². The molecule has 0 amide bonds. The molecule has 0 saturated carbocycles. The summed E-state index contributed by atoms with van der Waals surface area (Å²) in [5.41, 5.74) is 0.470. The quantitative estimate of drug-likeness (QED) is 0.255. The van der Waals surface area contributed by atoms with Crippen LogP contribution in [0.25, 0.3) is 0 Å². The molecule has 0 fully saturated rings. The van der Waals surface area contributed by atoms with Crippen LogP contribution in [0.3, 0.4) is 0 Å². The van der Waals surface area contributed by atoms with Gasteiger partial charge >= 0.3 is 5.97 Å². The number of carbonyl (C=O) groups is 3. The van der Waals surface area contributed by atoms with E-state index >= 15 is 0 Å². The minimum atomic E-state index is -0.952. The van der Waals surface area contributed by atoms with Crippen molar-refractivity contribution in [3.05, 3.63) is 35.9 Å². The Morgan fingerprint density at radius 1 is 1.18 bits per heavy atom. The fraction of sp³-hybridized carbons (Fsp3) is 0.154. The molecule has 0 aliphatic carbocycles. The van der Waals surface area contributed by atoms with Crippen LogP contribution >= 0.6 is 0 Å². The molecule has 0 radical (unpaired) electrons. The second-order valence-corrected chi connectivity index (χ2v) is 3.13. The normalized spacial score (nSPS) is 8.76. The Hall–Kier alpha value is -2.41.